The first-order valence-corrected chi connectivity index (χ1v) is 5.44. The molecule has 12 heavy (non-hydrogen) atoms. The number of phosphoric ester groups is 1. The van der Waals surface area contributed by atoms with Gasteiger partial charge in [-0.05, 0) is 6.42 Å². The van der Waals surface area contributed by atoms with E-state index in [1.807, 2.05) is 0 Å². The van der Waals surface area contributed by atoms with E-state index in [2.05, 4.69) is 0 Å². The lowest BCUT2D eigenvalue weighted by Gasteiger charge is -2.14. The van der Waals surface area contributed by atoms with E-state index in [0.717, 1.165) is 12.8 Å². The van der Waals surface area contributed by atoms with Gasteiger partial charge in [0.05, 0.1) is 13.2 Å². The Morgan fingerprint density at radius 3 is 2.58 bits per heavy atom. The Morgan fingerprint density at radius 1 is 1.25 bits per heavy atom. The van der Waals surface area contributed by atoms with Gasteiger partial charge >= 0.3 is 7.82 Å². The fourth-order valence-electron chi connectivity index (χ4n) is 1.17. The highest BCUT2D eigenvalue weighted by atomic mass is 31.2. The van der Waals surface area contributed by atoms with E-state index in [1.54, 1.807) is 0 Å². The van der Waals surface area contributed by atoms with Crippen LogP contribution in [0.3, 0.4) is 0 Å². The molecule has 6 heteroatoms. The molecule has 2 aliphatic rings. The van der Waals surface area contributed by atoms with Crippen LogP contribution >= 0.6 is 7.82 Å². The lowest BCUT2D eigenvalue weighted by Crippen LogP contribution is -2.08. The summed E-state index contributed by atoms with van der Waals surface area (Å²) in [5.74, 6) is 0. The number of phosphoric acid groups is 1. The van der Waals surface area contributed by atoms with Crippen LogP contribution in [0.5, 0.6) is 0 Å². The molecule has 2 rings (SSSR count). The van der Waals surface area contributed by atoms with Crippen molar-refractivity contribution in [3.8, 4) is 0 Å². The monoisotopic (exact) mass is 194 g/mol. The minimum atomic E-state index is -3.24. The third-order valence-electron chi connectivity index (χ3n) is 1.72. The minimum Gasteiger partial charge on any atom is -0.352 e. The molecule has 2 aliphatic heterocycles. The molecule has 2 saturated heterocycles. The van der Waals surface area contributed by atoms with E-state index in [4.69, 9.17) is 18.3 Å². The van der Waals surface area contributed by atoms with Crippen LogP contribution < -0.4 is 0 Å². The van der Waals surface area contributed by atoms with Crippen LogP contribution in [0.25, 0.3) is 0 Å². The molecule has 0 N–H and O–H groups in total. The van der Waals surface area contributed by atoms with Crippen molar-refractivity contribution in [1.82, 2.24) is 0 Å². The molecule has 0 aliphatic carbocycles. The molecular formula is C6H11O5P. The number of hydrogen-bond acceptors (Lipinski definition) is 5. The summed E-state index contributed by atoms with van der Waals surface area (Å²) in [4.78, 5) is 0. The molecule has 0 spiro atoms. The van der Waals surface area contributed by atoms with E-state index >= 15 is 0 Å². The summed E-state index contributed by atoms with van der Waals surface area (Å²) in [5.41, 5.74) is 0. The van der Waals surface area contributed by atoms with Gasteiger partial charge in [0.15, 0.2) is 6.29 Å². The first kappa shape index (κ1) is 8.66. The maximum atomic E-state index is 11.4. The smallest absolute Gasteiger partial charge is 0.352 e. The van der Waals surface area contributed by atoms with Gasteiger partial charge in [0.25, 0.3) is 0 Å². The second-order valence-corrected chi connectivity index (χ2v) is 4.28. The van der Waals surface area contributed by atoms with E-state index < -0.39 is 14.1 Å². The zero-order valence-corrected chi connectivity index (χ0v) is 7.50. The van der Waals surface area contributed by atoms with Crippen molar-refractivity contribution in [2.45, 2.75) is 19.1 Å². The van der Waals surface area contributed by atoms with Gasteiger partial charge in [-0.3, -0.25) is 13.6 Å². The highest BCUT2D eigenvalue weighted by molar-refractivity contribution is 7.48. The van der Waals surface area contributed by atoms with Crippen LogP contribution in [0.2, 0.25) is 0 Å². The Kier molecular flexibility index (Phi) is 2.48. The molecule has 1 atom stereocenters. The Balaban J connectivity index is 1.88. The Labute approximate surface area is 70.6 Å². The van der Waals surface area contributed by atoms with E-state index in [-0.39, 0.29) is 0 Å². The number of ether oxygens (including phenoxy) is 1. The van der Waals surface area contributed by atoms with Crippen LogP contribution in [-0.2, 0) is 22.9 Å². The molecule has 0 saturated carbocycles. The normalized spacial score (nSPS) is 34.2. The topological polar surface area (TPSA) is 54.0 Å². The van der Waals surface area contributed by atoms with Crippen molar-refractivity contribution < 1.29 is 22.9 Å². The molecule has 70 valence electrons. The van der Waals surface area contributed by atoms with E-state index in [0.29, 0.717) is 19.8 Å². The zero-order valence-electron chi connectivity index (χ0n) is 6.60. The SMILES string of the molecule is O=P1(OC2CCCO2)OCCO1. The Morgan fingerprint density at radius 2 is 2.00 bits per heavy atom. The van der Waals surface area contributed by atoms with Crippen LogP contribution in [-0.4, -0.2) is 26.1 Å². The quantitative estimate of drug-likeness (QED) is 0.620. The van der Waals surface area contributed by atoms with Crippen molar-refractivity contribution in [1.29, 1.82) is 0 Å². The molecule has 0 aromatic carbocycles. The van der Waals surface area contributed by atoms with Gasteiger partial charge in [-0.2, -0.15) is 0 Å². The summed E-state index contributed by atoms with van der Waals surface area (Å²) < 4.78 is 31.3. The van der Waals surface area contributed by atoms with Crippen molar-refractivity contribution in [3.63, 3.8) is 0 Å². The van der Waals surface area contributed by atoms with Crippen LogP contribution in [0.4, 0.5) is 0 Å². The fraction of sp³-hybridized carbons (Fsp3) is 1.00. The van der Waals surface area contributed by atoms with E-state index in [1.165, 1.54) is 0 Å². The highest BCUT2D eigenvalue weighted by Crippen LogP contribution is 2.54. The molecule has 0 amide bonds. The Bertz CT molecular complexity index is 190. The van der Waals surface area contributed by atoms with E-state index in [9.17, 15) is 4.57 Å². The van der Waals surface area contributed by atoms with Gasteiger partial charge < -0.3 is 4.74 Å². The van der Waals surface area contributed by atoms with Crippen molar-refractivity contribution in [2.24, 2.45) is 0 Å². The summed E-state index contributed by atoms with van der Waals surface area (Å²) in [7, 11) is -3.24. The molecule has 0 aromatic rings. The van der Waals surface area contributed by atoms with Crippen LogP contribution in [0.1, 0.15) is 12.8 Å². The van der Waals surface area contributed by atoms with Crippen LogP contribution in [0, 0.1) is 0 Å². The van der Waals surface area contributed by atoms with Gasteiger partial charge in [0, 0.05) is 13.0 Å². The van der Waals surface area contributed by atoms with Gasteiger partial charge in [0.1, 0.15) is 0 Å². The number of hydrogen-bond donors (Lipinski definition) is 0. The second-order valence-electron chi connectivity index (χ2n) is 2.66. The first-order chi connectivity index (χ1) is 5.79. The predicted octanol–water partition coefficient (Wildman–Crippen LogP) is 1.29. The molecule has 0 aromatic heterocycles. The van der Waals surface area contributed by atoms with Gasteiger partial charge in [-0.25, -0.2) is 4.57 Å². The number of rotatable bonds is 2. The lowest BCUT2D eigenvalue weighted by molar-refractivity contribution is -0.0547. The molecule has 2 heterocycles. The summed E-state index contributed by atoms with van der Waals surface area (Å²) in [6, 6.07) is 0. The summed E-state index contributed by atoms with van der Waals surface area (Å²) in [6.07, 6.45) is 1.29. The summed E-state index contributed by atoms with van der Waals surface area (Å²) in [6.45, 7) is 1.33. The minimum absolute atomic E-state index is 0.337. The average Bonchev–Trinajstić information content (AvgIpc) is 2.62. The predicted molar refractivity (Wildman–Crippen MR) is 39.6 cm³/mol. The lowest BCUT2D eigenvalue weighted by atomic mass is 10.4. The van der Waals surface area contributed by atoms with Crippen LogP contribution in [0.15, 0.2) is 0 Å². The largest absolute Gasteiger partial charge is 0.477 e. The first-order valence-electron chi connectivity index (χ1n) is 3.98. The maximum absolute atomic E-state index is 11.4. The van der Waals surface area contributed by atoms with Gasteiger partial charge in [-0.1, -0.05) is 0 Å². The summed E-state index contributed by atoms with van der Waals surface area (Å²) in [5, 5.41) is 0. The molecule has 5 nitrogen and oxygen atoms in total. The Hall–Kier alpha value is 0.0700. The molecule has 2 fully saturated rings. The molecule has 0 radical (unpaired) electrons. The second kappa shape index (κ2) is 3.44. The highest BCUT2D eigenvalue weighted by Gasteiger charge is 2.36. The standard InChI is InChI=1S/C6H11O5P/c7-12(9-4-5-10-12)11-6-2-1-3-8-6/h6H,1-5H2. The van der Waals surface area contributed by atoms with Crippen molar-refractivity contribution in [2.75, 3.05) is 19.8 Å². The maximum Gasteiger partial charge on any atom is 0.477 e. The third-order valence-corrected chi connectivity index (χ3v) is 3.21. The fourth-order valence-corrected chi connectivity index (χ4v) is 2.42. The molecular weight excluding hydrogens is 183 g/mol. The average molecular weight is 194 g/mol. The van der Waals surface area contributed by atoms with Gasteiger partial charge in [0.2, 0.25) is 0 Å². The molecule has 0 bridgehead atoms. The van der Waals surface area contributed by atoms with Crippen molar-refractivity contribution in [3.05, 3.63) is 0 Å². The third kappa shape index (κ3) is 1.87. The molecule has 1 unspecified atom stereocenters. The van der Waals surface area contributed by atoms with Gasteiger partial charge in [-0.15, -0.1) is 0 Å². The zero-order chi connectivity index (χ0) is 8.44. The van der Waals surface area contributed by atoms with Crippen molar-refractivity contribution >= 4 is 7.82 Å². The summed E-state index contributed by atoms with van der Waals surface area (Å²) >= 11 is 0.